The molecule has 0 aliphatic carbocycles. The molecule has 0 radical (unpaired) electrons. The molecule has 4 N–H and O–H groups in total. The van der Waals surface area contributed by atoms with E-state index in [4.69, 9.17) is 5.73 Å². The van der Waals surface area contributed by atoms with Gasteiger partial charge in [-0.15, -0.1) is 0 Å². The van der Waals surface area contributed by atoms with Crippen LogP contribution in [0.2, 0.25) is 0 Å². The van der Waals surface area contributed by atoms with Crippen molar-refractivity contribution in [3.05, 3.63) is 65.2 Å². The van der Waals surface area contributed by atoms with Crippen LogP contribution in [0.3, 0.4) is 0 Å². The van der Waals surface area contributed by atoms with Gasteiger partial charge in [0.05, 0.1) is 6.54 Å². The van der Waals surface area contributed by atoms with Crippen LogP contribution < -0.4 is 16.4 Å². The molecule has 24 heavy (non-hydrogen) atoms. The molecule has 0 aliphatic rings. The van der Waals surface area contributed by atoms with Gasteiger partial charge in [-0.1, -0.05) is 48.5 Å². The van der Waals surface area contributed by atoms with Crippen LogP contribution in [-0.4, -0.2) is 18.4 Å². The molecule has 0 aromatic heterocycles. The minimum atomic E-state index is -1.19. The lowest BCUT2D eigenvalue weighted by Gasteiger charge is -2.24. The van der Waals surface area contributed by atoms with E-state index in [-0.39, 0.29) is 12.5 Å². The molecular weight excluding hydrogens is 302 g/mol. The number of carbonyl (C=O) groups excluding carboxylic acids is 2. The Morgan fingerprint density at radius 2 is 1.58 bits per heavy atom. The molecule has 2 amide bonds. The predicted octanol–water partition coefficient (Wildman–Crippen LogP) is 2.23. The average Bonchev–Trinajstić information content (AvgIpc) is 2.57. The van der Waals surface area contributed by atoms with Gasteiger partial charge in [-0.25, -0.2) is 0 Å². The molecule has 2 aromatic carbocycles. The number of nitrogens with two attached hydrogens (primary N) is 1. The van der Waals surface area contributed by atoms with E-state index in [1.807, 2.05) is 50.2 Å². The van der Waals surface area contributed by atoms with Gasteiger partial charge >= 0.3 is 0 Å². The van der Waals surface area contributed by atoms with Crippen molar-refractivity contribution in [1.29, 1.82) is 0 Å². The van der Waals surface area contributed by atoms with Crippen molar-refractivity contribution < 1.29 is 9.59 Å². The van der Waals surface area contributed by atoms with E-state index >= 15 is 0 Å². The number of carbonyl (C=O) groups is 2. The van der Waals surface area contributed by atoms with Gasteiger partial charge in [-0.2, -0.15) is 0 Å². The number of nitrogens with one attached hydrogen (secondary N) is 2. The highest BCUT2D eigenvalue weighted by atomic mass is 16.2. The summed E-state index contributed by atoms with van der Waals surface area (Å²) in [6.07, 6.45) is 0. The van der Waals surface area contributed by atoms with Crippen LogP contribution in [-0.2, 0) is 15.1 Å². The van der Waals surface area contributed by atoms with Crippen LogP contribution >= 0.6 is 0 Å². The molecule has 0 aliphatic heterocycles. The van der Waals surface area contributed by atoms with Crippen molar-refractivity contribution in [2.75, 3.05) is 11.9 Å². The molecular formula is C19H23N3O2. The van der Waals surface area contributed by atoms with Crippen molar-refractivity contribution >= 4 is 17.5 Å². The highest BCUT2D eigenvalue weighted by Gasteiger charge is 2.30. The maximum absolute atomic E-state index is 12.3. The smallest absolute Gasteiger partial charge is 0.244 e. The molecule has 2 aromatic rings. The quantitative estimate of drug-likeness (QED) is 0.788. The van der Waals surface area contributed by atoms with E-state index in [1.165, 1.54) is 0 Å². The van der Waals surface area contributed by atoms with Gasteiger partial charge in [0.15, 0.2) is 0 Å². The fourth-order valence-electron chi connectivity index (χ4n) is 2.45. The normalized spacial score (nSPS) is 13.0. The molecule has 5 nitrogen and oxygen atoms in total. The first-order valence-electron chi connectivity index (χ1n) is 7.81. The summed E-state index contributed by atoms with van der Waals surface area (Å²) in [5.41, 5.74) is 8.35. The highest BCUT2D eigenvalue weighted by Crippen LogP contribution is 2.19. The molecule has 0 heterocycles. The number of anilines is 1. The van der Waals surface area contributed by atoms with Crippen LogP contribution in [0, 0.1) is 13.8 Å². The summed E-state index contributed by atoms with van der Waals surface area (Å²) in [7, 11) is 0. The van der Waals surface area contributed by atoms with E-state index in [2.05, 4.69) is 10.6 Å². The number of hydrogen-bond donors (Lipinski definition) is 3. The Hall–Kier alpha value is -2.66. The monoisotopic (exact) mass is 325 g/mol. The lowest BCUT2D eigenvalue weighted by molar-refractivity contribution is -0.128. The maximum Gasteiger partial charge on any atom is 0.244 e. The molecule has 0 saturated heterocycles. The molecule has 2 rings (SSSR count). The van der Waals surface area contributed by atoms with Crippen LogP contribution in [0.1, 0.15) is 23.6 Å². The number of amides is 2. The molecule has 126 valence electrons. The Labute approximate surface area is 142 Å². The number of rotatable bonds is 5. The number of hydrogen-bond acceptors (Lipinski definition) is 3. The van der Waals surface area contributed by atoms with Crippen molar-refractivity contribution in [3.8, 4) is 0 Å². The van der Waals surface area contributed by atoms with E-state index < -0.39 is 11.4 Å². The fourth-order valence-corrected chi connectivity index (χ4v) is 2.45. The van der Waals surface area contributed by atoms with Gasteiger partial charge in [0.2, 0.25) is 11.8 Å². The summed E-state index contributed by atoms with van der Waals surface area (Å²) >= 11 is 0. The lowest BCUT2D eigenvalue weighted by atomic mass is 9.92. The van der Waals surface area contributed by atoms with Gasteiger partial charge in [-0.05, 0) is 37.5 Å². The van der Waals surface area contributed by atoms with Gasteiger partial charge in [-0.3, -0.25) is 9.59 Å². The van der Waals surface area contributed by atoms with Crippen molar-refractivity contribution in [2.45, 2.75) is 26.3 Å². The second kappa shape index (κ2) is 7.27. The first-order chi connectivity index (χ1) is 11.3. The second-order valence-electron chi connectivity index (χ2n) is 6.07. The summed E-state index contributed by atoms with van der Waals surface area (Å²) in [5, 5.41) is 5.43. The Morgan fingerprint density at radius 1 is 1.00 bits per heavy atom. The molecule has 0 spiro atoms. The zero-order valence-electron chi connectivity index (χ0n) is 14.2. The fraction of sp³-hybridized carbons (Fsp3) is 0.263. The van der Waals surface area contributed by atoms with Gasteiger partial charge in [0.25, 0.3) is 0 Å². The minimum absolute atomic E-state index is 0.133. The van der Waals surface area contributed by atoms with Crippen molar-refractivity contribution in [2.24, 2.45) is 5.73 Å². The highest BCUT2D eigenvalue weighted by molar-refractivity contribution is 5.97. The van der Waals surface area contributed by atoms with Crippen LogP contribution in [0.5, 0.6) is 0 Å². The first-order valence-corrected chi connectivity index (χ1v) is 7.81. The third kappa shape index (κ3) is 4.00. The van der Waals surface area contributed by atoms with Crippen LogP contribution in [0.15, 0.2) is 48.5 Å². The molecule has 0 bridgehead atoms. The Morgan fingerprint density at radius 3 is 2.17 bits per heavy atom. The third-order valence-corrected chi connectivity index (χ3v) is 4.00. The number of aryl methyl sites for hydroxylation is 2. The van der Waals surface area contributed by atoms with Gasteiger partial charge in [0, 0.05) is 5.69 Å². The summed E-state index contributed by atoms with van der Waals surface area (Å²) in [4.78, 5) is 24.5. The van der Waals surface area contributed by atoms with E-state index in [0.717, 1.165) is 16.8 Å². The van der Waals surface area contributed by atoms with Crippen molar-refractivity contribution in [3.63, 3.8) is 0 Å². The second-order valence-corrected chi connectivity index (χ2v) is 6.07. The Balaban J connectivity index is 1.98. The molecule has 0 saturated carbocycles. The lowest BCUT2D eigenvalue weighted by Crippen LogP contribution is -2.50. The largest absolute Gasteiger partial charge is 0.345 e. The SMILES string of the molecule is Cc1cccc(C)c1NC(=O)CNC(=O)C(C)(N)c1ccccc1. The summed E-state index contributed by atoms with van der Waals surface area (Å²) in [6.45, 7) is 5.34. The number of benzene rings is 2. The summed E-state index contributed by atoms with van der Waals surface area (Å²) in [6, 6.07) is 14.9. The third-order valence-electron chi connectivity index (χ3n) is 4.00. The zero-order chi connectivity index (χ0) is 17.7. The standard InChI is InChI=1S/C19H23N3O2/c1-13-8-7-9-14(2)17(13)22-16(23)12-21-18(24)19(3,20)15-10-5-4-6-11-15/h4-11H,12,20H2,1-3H3,(H,21,24)(H,22,23). The first kappa shape index (κ1) is 17.7. The zero-order valence-corrected chi connectivity index (χ0v) is 14.2. The molecule has 1 atom stereocenters. The summed E-state index contributed by atoms with van der Waals surface area (Å²) in [5.74, 6) is -0.685. The van der Waals surface area contributed by atoms with Gasteiger partial charge in [0.1, 0.15) is 5.54 Å². The average molecular weight is 325 g/mol. The van der Waals surface area contributed by atoms with Crippen molar-refractivity contribution in [1.82, 2.24) is 5.32 Å². The molecule has 5 heteroatoms. The van der Waals surface area contributed by atoms with Crippen LogP contribution in [0.4, 0.5) is 5.69 Å². The van der Waals surface area contributed by atoms with E-state index in [0.29, 0.717) is 5.56 Å². The Bertz CT molecular complexity index is 719. The molecule has 1 unspecified atom stereocenters. The maximum atomic E-state index is 12.3. The minimum Gasteiger partial charge on any atom is -0.345 e. The van der Waals surface area contributed by atoms with Gasteiger partial charge < -0.3 is 16.4 Å². The molecule has 0 fully saturated rings. The summed E-state index contributed by atoms with van der Waals surface area (Å²) < 4.78 is 0. The van der Waals surface area contributed by atoms with Crippen LogP contribution in [0.25, 0.3) is 0 Å². The van der Waals surface area contributed by atoms with E-state index in [9.17, 15) is 9.59 Å². The predicted molar refractivity (Wildman–Crippen MR) is 95.5 cm³/mol. The Kier molecular flexibility index (Phi) is 5.36. The number of para-hydroxylation sites is 1. The topological polar surface area (TPSA) is 84.2 Å². The van der Waals surface area contributed by atoms with E-state index in [1.54, 1.807) is 19.1 Å².